The highest BCUT2D eigenvalue weighted by Gasteiger charge is 2.70. The molecule has 4 fully saturated rings. The highest BCUT2D eigenvalue weighted by atomic mass is 19.3. The summed E-state index contributed by atoms with van der Waals surface area (Å²) in [7, 11) is 0. The predicted octanol–water partition coefficient (Wildman–Crippen LogP) is 4.59. The molecule has 4 aliphatic carbocycles. The van der Waals surface area contributed by atoms with Gasteiger partial charge in [-0.25, -0.2) is 8.78 Å². The summed E-state index contributed by atoms with van der Waals surface area (Å²) in [5.41, 5.74) is -1.76. The third-order valence-corrected chi connectivity index (χ3v) is 9.81. The van der Waals surface area contributed by atoms with Crippen LogP contribution in [0.4, 0.5) is 8.78 Å². The molecule has 0 aliphatic heterocycles. The molecule has 174 valence electrons. The van der Waals surface area contributed by atoms with E-state index in [0.717, 1.165) is 25.7 Å². The van der Waals surface area contributed by atoms with Crippen molar-refractivity contribution in [1.29, 1.82) is 5.26 Å². The van der Waals surface area contributed by atoms with Gasteiger partial charge in [0.05, 0.1) is 12.1 Å². The first kappa shape index (κ1) is 22.0. The first-order chi connectivity index (χ1) is 15.1. The highest BCUT2D eigenvalue weighted by Crippen LogP contribution is 2.69. The van der Waals surface area contributed by atoms with Crippen LogP contribution in [0.15, 0.2) is 12.3 Å². The van der Waals surface area contributed by atoms with Crippen LogP contribution in [0.5, 0.6) is 0 Å². The van der Waals surface area contributed by atoms with Gasteiger partial charge in [-0.15, -0.1) is 0 Å². The summed E-state index contributed by atoms with van der Waals surface area (Å²) in [5.74, 6) is -3.04. The summed E-state index contributed by atoms with van der Waals surface area (Å²) >= 11 is 0. The monoisotopic (exact) mass is 445 g/mol. The van der Waals surface area contributed by atoms with Gasteiger partial charge in [-0.05, 0) is 87.5 Å². The highest BCUT2D eigenvalue weighted by molar-refractivity contribution is 5.82. The van der Waals surface area contributed by atoms with Crippen molar-refractivity contribution in [3.63, 3.8) is 0 Å². The number of hydrogen-bond donors (Lipinski definition) is 1. The molecule has 0 aromatic carbocycles. The van der Waals surface area contributed by atoms with Crippen LogP contribution in [0.1, 0.15) is 70.9 Å². The molecular weight excluding hydrogens is 412 g/mol. The van der Waals surface area contributed by atoms with Gasteiger partial charge in [0, 0.05) is 24.0 Å². The maximum atomic E-state index is 16.0. The summed E-state index contributed by atoms with van der Waals surface area (Å²) < 4.78 is 33.3. The van der Waals surface area contributed by atoms with Crippen molar-refractivity contribution < 1.29 is 18.7 Å². The summed E-state index contributed by atoms with van der Waals surface area (Å²) in [4.78, 5) is 13.2. The lowest BCUT2D eigenvalue weighted by molar-refractivity contribution is -0.228. The van der Waals surface area contributed by atoms with Crippen LogP contribution >= 0.6 is 0 Å². The van der Waals surface area contributed by atoms with E-state index in [1.165, 1.54) is 10.7 Å². The lowest BCUT2D eigenvalue weighted by atomic mass is 9.47. The molecule has 1 aromatic heterocycles. The number of carbonyl (C=O) groups excluding carboxylic acids is 1. The van der Waals surface area contributed by atoms with Crippen molar-refractivity contribution in [2.24, 2.45) is 40.9 Å². The molecule has 1 heterocycles. The number of ketones is 1. The number of nitriles is 1. The molecule has 32 heavy (non-hydrogen) atoms. The smallest absolute Gasteiger partial charge is 0.254 e. The van der Waals surface area contributed by atoms with E-state index in [-0.39, 0.29) is 48.1 Å². The number of hydrogen-bond acceptors (Lipinski definition) is 4. The topological polar surface area (TPSA) is 78.9 Å². The van der Waals surface area contributed by atoms with Crippen molar-refractivity contribution in [2.45, 2.75) is 83.3 Å². The van der Waals surface area contributed by atoms with Gasteiger partial charge in [-0.3, -0.25) is 9.48 Å². The average molecular weight is 446 g/mol. The maximum Gasteiger partial charge on any atom is 0.254 e. The van der Waals surface area contributed by atoms with Crippen molar-refractivity contribution in [3.05, 3.63) is 18.0 Å². The van der Waals surface area contributed by atoms with E-state index < -0.39 is 22.9 Å². The quantitative estimate of drug-likeness (QED) is 0.738. The molecule has 0 amide bonds. The van der Waals surface area contributed by atoms with E-state index in [0.29, 0.717) is 25.2 Å². The number of rotatable bonds is 3. The van der Waals surface area contributed by atoms with E-state index in [9.17, 15) is 9.90 Å². The SMILES string of the molecule is C[C@@]1(O)CCC2[C@H](CC[C@@H]3[C@@H]2CC(F)(F)[C@]2(C)[C@@H](C(=O)Cn4ccc(C#N)n4)CC[C@@H]32)C1. The van der Waals surface area contributed by atoms with Crippen LogP contribution in [-0.2, 0) is 11.3 Å². The number of nitrogens with zero attached hydrogens (tertiary/aromatic N) is 3. The van der Waals surface area contributed by atoms with E-state index in [4.69, 9.17) is 5.26 Å². The van der Waals surface area contributed by atoms with Gasteiger partial charge in [-0.2, -0.15) is 10.4 Å². The van der Waals surface area contributed by atoms with Crippen molar-refractivity contribution in [2.75, 3.05) is 0 Å². The predicted molar refractivity (Wildman–Crippen MR) is 114 cm³/mol. The molecule has 5 nitrogen and oxygen atoms in total. The van der Waals surface area contributed by atoms with Crippen molar-refractivity contribution >= 4 is 5.78 Å². The molecule has 4 saturated carbocycles. The lowest BCUT2D eigenvalue weighted by Gasteiger charge is -2.59. The van der Waals surface area contributed by atoms with Gasteiger partial charge in [0.1, 0.15) is 6.07 Å². The van der Waals surface area contributed by atoms with Gasteiger partial charge < -0.3 is 5.11 Å². The van der Waals surface area contributed by atoms with Gasteiger partial charge in [0.15, 0.2) is 11.5 Å². The van der Waals surface area contributed by atoms with Crippen molar-refractivity contribution in [1.82, 2.24) is 9.78 Å². The molecular formula is C25H33F2N3O2. The van der Waals surface area contributed by atoms with Crippen LogP contribution in [0.2, 0.25) is 0 Å². The Kier molecular flexibility index (Phi) is 5.05. The van der Waals surface area contributed by atoms with Crippen LogP contribution in [-0.4, -0.2) is 32.2 Å². The van der Waals surface area contributed by atoms with Gasteiger partial charge >= 0.3 is 0 Å². The minimum Gasteiger partial charge on any atom is -0.390 e. The Balaban J connectivity index is 1.39. The fraction of sp³-hybridized carbons (Fsp3) is 0.800. The summed E-state index contributed by atoms with van der Waals surface area (Å²) in [6, 6.07) is 3.47. The molecule has 5 rings (SSSR count). The number of fused-ring (bicyclic) bond motifs is 5. The van der Waals surface area contributed by atoms with E-state index in [1.807, 2.05) is 13.0 Å². The summed E-state index contributed by atoms with van der Waals surface area (Å²) in [6.45, 7) is 3.50. The number of Topliss-reactive ketones (excluding diaryl/α,β-unsaturated/α-hetero) is 1. The third-order valence-electron chi connectivity index (χ3n) is 9.81. The second-order valence-corrected chi connectivity index (χ2v) is 11.5. The normalized spacial score (nSPS) is 44.8. The second-order valence-electron chi connectivity index (χ2n) is 11.5. The largest absolute Gasteiger partial charge is 0.390 e. The summed E-state index contributed by atoms with van der Waals surface area (Å²) in [5, 5.41) is 23.5. The molecule has 1 aromatic rings. The first-order valence-corrected chi connectivity index (χ1v) is 12.1. The molecule has 1 N–H and O–H groups in total. The molecule has 1 unspecified atom stereocenters. The number of aromatic nitrogens is 2. The van der Waals surface area contributed by atoms with E-state index >= 15 is 8.78 Å². The van der Waals surface area contributed by atoms with Crippen LogP contribution in [0.25, 0.3) is 0 Å². The maximum absolute atomic E-state index is 16.0. The zero-order valence-electron chi connectivity index (χ0n) is 18.9. The molecule has 8 atom stereocenters. The lowest BCUT2D eigenvalue weighted by Crippen LogP contribution is -2.59. The Morgan fingerprint density at radius 1 is 1.19 bits per heavy atom. The third kappa shape index (κ3) is 3.24. The average Bonchev–Trinajstić information content (AvgIpc) is 3.32. The Morgan fingerprint density at radius 3 is 2.69 bits per heavy atom. The Hall–Kier alpha value is -1.81. The molecule has 0 radical (unpaired) electrons. The number of carbonyl (C=O) groups is 1. The number of alkyl halides is 2. The first-order valence-electron chi connectivity index (χ1n) is 12.1. The zero-order chi connectivity index (χ0) is 22.9. The minimum absolute atomic E-state index is 0.00363. The fourth-order valence-corrected chi connectivity index (χ4v) is 8.33. The van der Waals surface area contributed by atoms with Gasteiger partial charge in [0.25, 0.3) is 5.92 Å². The molecule has 0 bridgehead atoms. The Labute approximate surface area is 188 Å². The molecule has 0 saturated heterocycles. The Bertz CT molecular complexity index is 951. The standard InChI is InChI=1S/C25H33F2N3O2/c1-23(32)9-7-17-15(11-23)3-4-18-19(17)12-25(26,27)24(2)20(18)5-6-21(24)22(31)14-30-10-8-16(13-28)29-30/h8,10,15,17-21,32H,3-7,9,11-12,14H2,1-2H3/t15-,17?,18-,19-,20+,21-,23-,24+/m1/s1. The van der Waals surface area contributed by atoms with Crippen LogP contribution < -0.4 is 0 Å². The molecule has 4 aliphatic rings. The second kappa shape index (κ2) is 7.35. The minimum atomic E-state index is -2.89. The number of aliphatic hydroxyl groups is 1. The molecule has 0 spiro atoms. The van der Waals surface area contributed by atoms with Gasteiger partial charge in [-0.1, -0.05) is 6.92 Å². The summed E-state index contributed by atoms with van der Waals surface area (Å²) in [6.07, 6.45) is 6.83. The Morgan fingerprint density at radius 2 is 1.97 bits per heavy atom. The van der Waals surface area contributed by atoms with E-state index in [1.54, 1.807) is 13.1 Å². The zero-order valence-corrected chi connectivity index (χ0v) is 18.9. The fourth-order valence-electron chi connectivity index (χ4n) is 8.33. The molecule has 7 heteroatoms. The number of halogens is 2. The van der Waals surface area contributed by atoms with Crippen LogP contribution in [0.3, 0.4) is 0 Å². The van der Waals surface area contributed by atoms with Crippen LogP contribution in [0, 0.1) is 52.3 Å². The van der Waals surface area contributed by atoms with Crippen molar-refractivity contribution in [3.8, 4) is 6.07 Å². The van der Waals surface area contributed by atoms with Gasteiger partial charge in [0.2, 0.25) is 0 Å². The van der Waals surface area contributed by atoms with E-state index in [2.05, 4.69) is 5.10 Å².